The maximum atomic E-state index is 4.68. The van der Waals surface area contributed by atoms with Gasteiger partial charge in [-0.05, 0) is 26.7 Å². The Hall–Kier alpha value is -1.69. The van der Waals surface area contributed by atoms with Crippen molar-refractivity contribution in [2.24, 2.45) is 0 Å². The number of thiazole rings is 1. The Morgan fingerprint density at radius 2 is 1.95 bits per heavy atom. The maximum absolute atomic E-state index is 4.68. The SMILES string of the molecule is CNc1nc(C2CC2)nc(NCc2nc(C)cs2)c1C. The van der Waals surface area contributed by atoms with Crippen LogP contribution in [0.4, 0.5) is 11.6 Å². The van der Waals surface area contributed by atoms with E-state index in [1.54, 1.807) is 11.3 Å². The number of nitrogens with zero attached hydrogens (tertiary/aromatic N) is 3. The highest BCUT2D eigenvalue weighted by Crippen LogP contribution is 2.39. The van der Waals surface area contributed by atoms with Crippen molar-refractivity contribution in [3.05, 3.63) is 27.5 Å². The quantitative estimate of drug-likeness (QED) is 0.885. The minimum absolute atomic E-state index is 0.547. The van der Waals surface area contributed by atoms with Crippen LogP contribution in [0.5, 0.6) is 0 Å². The molecule has 0 aliphatic heterocycles. The van der Waals surface area contributed by atoms with Gasteiger partial charge in [-0.3, -0.25) is 0 Å². The molecule has 2 heterocycles. The molecule has 0 spiro atoms. The third-order valence-corrected chi connectivity index (χ3v) is 4.38. The molecule has 5 nitrogen and oxygen atoms in total. The van der Waals surface area contributed by atoms with E-state index in [2.05, 4.69) is 31.0 Å². The Bertz CT molecular complexity index is 618. The first-order valence-corrected chi connectivity index (χ1v) is 7.76. The predicted octanol–water partition coefficient (Wildman–Crippen LogP) is 3.08. The Morgan fingerprint density at radius 1 is 1.20 bits per heavy atom. The van der Waals surface area contributed by atoms with Crippen molar-refractivity contribution in [1.29, 1.82) is 0 Å². The monoisotopic (exact) mass is 289 g/mol. The molecule has 0 unspecified atom stereocenters. The van der Waals surface area contributed by atoms with Gasteiger partial charge in [0.05, 0.1) is 6.54 Å². The van der Waals surface area contributed by atoms with Gasteiger partial charge in [-0.2, -0.15) is 0 Å². The smallest absolute Gasteiger partial charge is 0.136 e. The first-order valence-electron chi connectivity index (χ1n) is 6.88. The van der Waals surface area contributed by atoms with Crippen LogP contribution in [0.15, 0.2) is 5.38 Å². The fourth-order valence-corrected chi connectivity index (χ4v) is 2.83. The average molecular weight is 289 g/mol. The van der Waals surface area contributed by atoms with Crippen molar-refractivity contribution < 1.29 is 0 Å². The zero-order valence-electron chi connectivity index (χ0n) is 12.0. The van der Waals surface area contributed by atoms with Crippen LogP contribution in [-0.2, 0) is 6.54 Å². The fraction of sp³-hybridized carbons (Fsp3) is 0.500. The van der Waals surface area contributed by atoms with Gasteiger partial charge >= 0.3 is 0 Å². The van der Waals surface area contributed by atoms with Gasteiger partial charge in [-0.15, -0.1) is 11.3 Å². The second-order valence-electron chi connectivity index (χ2n) is 5.16. The molecule has 0 aromatic carbocycles. The number of aromatic nitrogens is 3. The van der Waals surface area contributed by atoms with Crippen molar-refractivity contribution in [3.63, 3.8) is 0 Å². The van der Waals surface area contributed by atoms with E-state index in [4.69, 9.17) is 0 Å². The summed E-state index contributed by atoms with van der Waals surface area (Å²) in [5.41, 5.74) is 2.13. The summed E-state index contributed by atoms with van der Waals surface area (Å²) >= 11 is 1.67. The average Bonchev–Trinajstić information content (AvgIpc) is 3.21. The van der Waals surface area contributed by atoms with Crippen molar-refractivity contribution in [3.8, 4) is 0 Å². The Morgan fingerprint density at radius 3 is 2.55 bits per heavy atom. The Labute approximate surface area is 122 Å². The van der Waals surface area contributed by atoms with Crippen LogP contribution in [0, 0.1) is 13.8 Å². The number of hydrogen-bond acceptors (Lipinski definition) is 6. The van der Waals surface area contributed by atoms with Gasteiger partial charge in [0.1, 0.15) is 22.5 Å². The van der Waals surface area contributed by atoms with Gasteiger partial charge < -0.3 is 10.6 Å². The van der Waals surface area contributed by atoms with Crippen molar-refractivity contribution >= 4 is 23.0 Å². The van der Waals surface area contributed by atoms with E-state index in [0.717, 1.165) is 33.7 Å². The van der Waals surface area contributed by atoms with Crippen LogP contribution in [0.3, 0.4) is 0 Å². The number of anilines is 2. The second kappa shape index (κ2) is 5.36. The van der Waals surface area contributed by atoms with E-state index < -0.39 is 0 Å². The van der Waals surface area contributed by atoms with Crippen LogP contribution >= 0.6 is 11.3 Å². The highest BCUT2D eigenvalue weighted by atomic mass is 32.1. The van der Waals surface area contributed by atoms with Gasteiger partial charge in [0, 0.05) is 29.6 Å². The van der Waals surface area contributed by atoms with Crippen LogP contribution in [0.25, 0.3) is 0 Å². The van der Waals surface area contributed by atoms with Crippen molar-refractivity contribution in [2.45, 2.75) is 39.2 Å². The van der Waals surface area contributed by atoms with Crippen molar-refractivity contribution in [1.82, 2.24) is 15.0 Å². The fourth-order valence-electron chi connectivity index (χ4n) is 2.12. The molecule has 1 fully saturated rings. The molecule has 0 amide bonds. The summed E-state index contributed by atoms with van der Waals surface area (Å²) in [7, 11) is 1.90. The summed E-state index contributed by atoms with van der Waals surface area (Å²) in [4.78, 5) is 13.7. The highest BCUT2D eigenvalue weighted by molar-refractivity contribution is 7.09. The number of hydrogen-bond donors (Lipinski definition) is 2. The predicted molar refractivity (Wildman–Crippen MR) is 82.5 cm³/mol. The summed E-state index contributed by atoms with van der Waals surface area (Å²) in [6.45, 7) is 4.77. The van der Waals surface area contributed by atoms with E-state index in [1.165, 1.54) is 12.8 Å². The molecule has 3 rings (SSSR count). The molecule has 1 aliphatic carbocycles. The first-order chi connectivity index (χ1) is 9.67. The molecule has 1 aliphatic rings. The zero-order valence-corrected chi connectivity index (χ0v) is 12.8. The third kappa shape index (κ3) is 2.75. The molecular weight excluding hydrogens is 270 g/mol. The lowest BCUT2D eigenvalue weighted by molar-refractivity contribution is 0.912. The van der Waals surface area contributed by atoms with Crippen molar-refractivity contribution in [2.75, 3.05) is 17.7 Å². The van der Waals surface area contributed by atoms with Gasteiger partial charge in [-0.25, -0.2) is 15.0 Å². The molecular formula is C14H19N5S. The lowest BCUT2D eigenvalue weighted by atomic mass is 10.2. The molecule has 1 saturated carbocycles. The lowest BCUT2D eigenvalue weighted by Gasteiger charge is -2.13. The number of aryl methyl sites for hydroxylation is 1. The van der Waals surface area contributed by atoms with E-state index in [9.17, 15) is 0 Å². The van der Waals surface area contributed by atoms with Gasteiger partial charge in [0.15, 0.2) is 0 Å². The second-order valence-corrected chi connectivity index (χ2v) is 6.11. The van der Waals surface area contributed by atoms with Crippen LogP contribution in [0.2, 0.25) is 0 Å². The standard InChI is InChI=1S/C14H19N5S/c1-8-7-20-11(17-8)6-16-13-9(2)12(15-3)18-14(19-13)10-4-5-10/h7,10H,4-6H2,1-3H3,(H2,15,16,18,19). The molecule has 106 valence electrons. The maximum Gasteiger partial charge on any atom is 0.136 e. The summed E-state index contributed by atoms with van der Waals surface area (Å²) in [6.07, 6.45) is 2.41. The molecule has 0 atom stereocenters. The normalized spacial score (nSPS) is 14.3. The first kappa shape index (κ1) is 13.3. The minimum Gasteiger partial charge on any atom is -0.373 e. The Balaban J connectivity index is 1.81. The minimum atomic E-state index is 0.547. The molecule has 0 saturated heterocycles. The topological polar surface area (TPSA) is 62.7 Å². The molecule has 0 radical (unpaired) electrons. The summed E-state index contributed by atoms with van der Waals surface area (Å²) in [5, 5.41) is 9.70. The molecule has 0 bridgehead atoms. The van der Waals surface area contributed by atoms with E-state index in [0.29, 0.717) is 12.5 Å². The van der Waals surface area contributed by atoms with Gasteiger partial charge in [-0.1, -0.05) is 0 Å². The third-order valence-electron chi connectivity index (χ3n) is 3.42. The molecule has 2 N–H and O–H groups in total. The molecule has 2 aromatic rings. The molecule has 2 aromatic heterocycles. The lowest BCUT2D eigenvalue weighted by Crippen LogP contribution is -2.09. The summed E-state index contributed by atoms with van der Waals surface area (Å²) in [6, 6.07) is 0. The molecule has 20 heavy (non-hydrogen) atoms. The zero-order chi connectivity index (χ0) is 14.1. The molecule has 6 heteroatoms. The van der Waals surface area contributed by atoms with E-state index in [-0.39, 0.29) is 0 Å². The van der Waals surface area contributed by atoms with Crippen LogP contribution in [0.1, 0.15) is 40.8 Å². The van der Waals surface area contributed by atoms with E-state index in [1.807, 2.05) is 20.9 Å². The Kier molecular flexibility index (Phi) is 3.56. The van der Waals surface area contributed by atoms with Gasteiger partial charge in [0.25, 0.3) is 0 Å². The van der Waals surface area contributed by atoms with Gasteiger partial charge in [0.2, 0.25) is 0 Å². The van der Waals surface area contributed by atoms with Crippen LogP contribution in [-0.4, -0.2) is 22.0 Å². The van der Waals surface area contributed by atoms with Crippen LogP contribution < -0.4 is 10.6 Å². The van der Waals surface area contributed by atoms with E-state index >= 15 is 0 Å². The summed E-state index contributed by atoms with van der Waals surface area (Å²) < 4.78 is 0. The number of rotatable bonds is 5. The summed E-state index contributed by atoms with van der Waals surface area (Å²) in [5.74, 6) is 3.34. The number of nitrogens with one attached hydrogen (secondary N) is 2. The largest absolute Gasteiger partial charge is 0.373 e. The highest BCUT2D eigenvalue weighted by Gasteiger charge is 2.28.